The molecule has 0 spiro atoms. The van der Waals surface area contributed by atoms with Crippen LogP contribution in [-0.2, 0) is 13.0 Å². The van der Waals surface area contributed by atoms with Crippen molar-refractivity contribution in [3.05, 3.63) is 16.5 Å². The molecule has 1 N–H and O–H groups in total. The largest absolute Gasteiger partial charge is 0.313 e. The van der Waals surface area contributed by atoms with Gasteiger partial charge in [-0.15, -0.1) is 23.1 Å². The van der Waals surface area contributed by atoms with Gasteiger partial charge < -0.3 is 5.32 Å². The maximum absolute atomic E-state index is 3.44. The highest BCUT2D eigenvalue weighted by atomic mass is 32.2. The van der Waals surface area contributed by atoms with E-state index in [1.165, 1.54) is 29.2 Å². The van der Waals surface area contributed by atoms with Gasteiger partial charge in [0.05, 0.1) is 4.21 Å². The maximum atomic E-state index is 3.44. The molecule has 2 rings (SSSR count). The summed E-state index contributed by atoms with van der Waals surface area (Å²) in [5.41, 5.74) is 1.53. The summed E-state index contributed by atoms with van der Waals surface area (Å²) >= 11 is 3.83. The van der Waals surface area contributed by atoms with E-state index < -0.39 is 0 Å². The van der Waals surface area contributed by atoms with Crippen molar-refractivity contribution in [2.24, 2.45) is 0 Å². The van der Waals surface area contributed by atoms with Crippen molar-refractivity contribution in [3.63, 3.8) is 0 Å². The molecular weight excluding hydrogens is 186 g/mol. The minimum atomic E-state index is 1.08. The lowest BCUT2D eigenvalue weighted by molar-refractivity contribution is 0.680. The van der Waals surface area contributed by atoms with Gasteiger partial charge in [0, 0.05) is 11.4 Å². The topological polar surface area (TPSA) is 12.0 Å². The predicted molar refractivity (Wildman–Crippen MR) is 56.1 cm³/mol. The third-order valence-electron chi connectivity index (χ3n) is 2.15. The van der Waals surface area contributed by atoms with Crippen molar-refractivity contribution >= 4 is 23.1 Å². The van der Waals surface area contributed by atoms with Gasteiger partial charge in [-0.25, -0.2) is 0 Å². The number of nitrogens with one attached hydrogen (secondary N) is 1. The fourth-order valence-electron chi connectivity index (χ4n) is 1.50. The highest BCUT2D eigenvalue weighted by molar-refractivity contribution is 8.00. The molecule has 0 aliphatic carbocycles. The van der Waals surface area contributed by atoms with Gasteiger partial charge >= 0.3 is 0 Å². The molecule has 1 aromatic heterocycles. The van der Waals surface area contributed by atoms with Crippen LogP contribution in [0.25, 0.3) is 0 Å². The summed E-state index contributed by atoms with van der Waals surface area (Å²) in [5, 5.41) is 3.44. The molecule has 2 heterocycles. The van der Waals surface area contributed by atoms with Gasteiger partial charge in [-0.1, -0.05) is 0 Å². The van der Waals surface area contributed by atoms with Crippen LogP contribution in [-0.4, -0.2) is 12.8 Å². The molecule has 0 bridgehead atoms. The summed E-state index contributed by atoms with van der Waals surface area (Å²) in [6, 6.07) is 2.34. The second-order valence-corrected chi connectivity index (χ2v) is 5.24. The molecule has 0 saturated carbocycles. The van der Waals surface area contributed by atoms with Crippen LogP contribution < -0.4 is 5.32 Å². The van der Waals surface area contributed by atoms with Crippen LogP contribution in [0, 0.1) is 0 Å². The first-order chi connectivity index (χ1) is 5.90. The van der Waals surface area contributed by atoms with E-state index in [1.54, 1.807) is 4.88 Å². The zero-order valence-electron chi connectivity index (χ0n) is 7.22. The zero-order valence-corrected chi connectivity index (χ0v) is 8.86. The van der Waals surface area contributed by atoms with E-state index >= 15 is 0 Å². The first-order valence-corrected chi connectivity index (χ1v) is 6.30. The van der Waals surface area contributed by atoms with Crippen molar-refractivity contribution in [3.8, 4) is 0 Å². The first-order valence-electron chi connectivity index (χ1n) is 4.26. The highest BCUT2D eigenvalue weighted by Gasteiger charge is 2.10. The Morgan fingerprint density at radius 3 is 3.33 bits per heavy atom. The Balaban J connectivity index is 2.26. The van der Waals surface area contributed by atoms with Gasteiger partial charge in [0.25, 0.3) is 0 Å². The smallest absolute Gasteiger partial charge is 0.0602 e. The van der Waals surface area contributed by atoms with E-state index in [9.17, 15) is 0 Å². The molecule has 0 atom stereocenters. The van der Waals surface area contributed by atoms with Gasteiger partial charge in [-0.05, 0) is 37.3 Å². The number of hydrogen-bond donors (Lipinski definition) is 1. The van der Waals surface area contributed by atoms with E-state index in [0.29, 0.717) is 0 Å². The molecule has 0 fully saturated rings. The van der Waals surface area contributed by atoms with Crippen molar-refractivity contribution in [2.45, 2.75) is 23.6 Å². The lowest BCUT2D eigenvalue weighted by atomic mass is 10.2. The SMILES string of the molecule is CSc1cc2c(s1)CCCNC2. The summed E-state index contributed by atoms with van der Waals surface area (Å²) in [6.45, 7) is 2.25. The van der Waals surface area contributed by atoms with Crippen LogP contribution in [0.4, 0.5) is 0 Å². The predicted octanol–water partition coefficient (Wildman–Crippen LogP) is 2.51. The second kappa shape index (κ2) is 3.81. The summed E-state index contributed by atoms with van der Waals surface area (Å²) in [4.78, 5) is 1.60. The van der Waals surface area contributed by atoms with E-state index in [4.69, 9.17) is 0 Å². The minimum Gasteiger partial charge on any atom is -0.313 e. The number of thioether (sulfide) groups is 1. The van der Waals surface area contributed by atoms with Gasteiger partial charge in [0.1, 0.15) is 0 Å². The quantitative estimate of drug-likeness (QED) is 0.697. The summed E-state index contributed by atoms with van der Waals surface area (Å²) < 4.78 is 1.46. The lowest BCUT2D eigenvalue weighted by Crippen LogP contribution is -2.11. The molecule has 1 aliphatic rings. The highest BCUT2D eigenvalue weighted by Crippen LogP contribution is 2.31. The Hall–Kier alpha value is 0.01000. The third kappa shape index (κ3) is 1.68. The number of thiophene rings is 1. The second-order valence-electron chi connectivity index (χ2n) is 3.00. The molecule has 0 unspecified atom stereocenters. The van der Waals surface area contributed by atoms with Crippen LogP contribution >= 0.6 is 23.1 Å². The van der Waals surface area contributed by atoms with Gasteiger partial charge in [0.15, 0.2) is 0 Å². The van der Waals surface area contributed by atoms with E-state index in [1.807, 2.05) is 23.1 Å². The molecule has 3 heteroatoms. The molecule has 66 valence electrons. The van der Waals surface area contributed by atoms with Gasteiger partial charge in [-0.2, -0.15) is 0 Å². The Morgan fingerprint density at radius 2 is 2.50 bits per heavy atom. The molecule has 0 saturated heterocycles. The van der Waals surface area contributed by atoms with Crippen molar-refractivity contribution in [1.82, 2.24) is 5.32 Å². The van der Waals surface area contributed by atoms with Crippen LogP contribution in [0.15, 0.2) is 10.3 Å². The Kier molecular flexibility index (Phi) is 2.73. The molecule has 0 radical (unpaired) electrons. The number of rotatable bonds is 1. The molecule has 0 aromatic carbocycles. The van der Waals surface area contributed by atoms with Crippen LogP contribution in [0.5, 0.6) is 0 Å². The van der Waals surface area contributed by atoms with Crippen LogP contribution in [0.3, 0.4) is 0 Å². The summed E-state index contributed by atoms with van der Waals surface area (Å²) in [5.74, 6) is 0. The standard InChI is InChI=1S/C9H13NS2/c1-11-9-5-7-6-10-4-2-3-8(7)12-9/h5,10H,2-4,6H2,1H3. The van der Waals surface area contributed by atoms with Crippen molar-refractivity contribution in [2.75, 3.05) is 12.8 Å². The molecule has 1 aromatic rings. The number of aryl methyl sites for hydroxylation is 1. The average molecular weight is 199 g/mol. The summed E-state index contributed by atoms with van der Waals surface area (Å²) in [6.07, 6.45) is 4.72. The molecule has 12 heavy (non-hydrogen) atoms. The van der Waals surface area contributed by atoms with Gasteiger partial charge in [-0.3, -0.25) is 0 Å². The zero-order chi connectivity index (χ0) is 8.39. The first kappa shape index (κ1) is 8.60. The monoisotopic (exact) mass is 199 g/mol. The van der Waals surface area contributed by atoms with E-state index in [2.05, 4.69) is 17.6 Å². The fraction of sp³-hybridized carbons (Fsp3) is 0.556. The normalized spacial score (nSPS) is 17.1. The fourth-order valence-corrected chi connectivity index (χ4v) is 3.35. The number of fused-ring (bicyclic) bond motifs is 1. The Bertz CT molecular complexity index is 244. The Labute approximate surface area is 81.6 Å². The lowest BCUT2D eigenvalue weighted by Gasteiger charge is -1.95. The van der Waals surface area contributed by atoms with Crippen LogP contribution in [0.2, 0.25) is 0 Å². The maximum Gasteiger partial charge on any atom is 0.0602 e. The molecule has 1 aliphatic heterocycles. The minimum absolute atomic E-state index is 1.08. The van der Waals surface area contributed by atoms with Crippen molar-refractivity contribution < 1.29 is 0 Å². The van der Waals surface area contributed by atoms with E-state index in [-0.39, 0.29) is 0 Å². The number of hydrogen-bond acceptors (Lipinski definition) is 3. The third-order valence-corrected chi connectivity index (χ3v) is 4.45. The Morgan fingerprint density at radius 1 is 1.58 bits per heavy atom. The summed E-state index contributed by atoms with van der Waals surface area (Å²) in [7, 11) is 0. The van der Waals surface area contributed by atoms with Gasteiger partial charge in [0.2, 0.25) is 0 Å². The molecule has 0 amide bonds. The molecular formula is C9H13NS2. The average Bonchev–Trinajstić information content (AvgIpc) is 2.37. The van der Waals surface area contributed by atoms with E-state index in [0.717, 1.165) is 6.54 Å². The van der Waals surface area contributed by atoms with Crippen LogP contribution in [0.1, 0.15) is 16.9 Å². The van der Waals surface area contributed by atoms with Crippen molar-refractivity contribution in [1.29, 1.82) is 0 Å². The molecule has 1 nitrogen and oxygen atoms in total.